The molecule has 13 nitrogen and oxygen atoms in total. The first-order valence-corrected chi connectivity index (χ1v) is 30.5. The molecule has 0 saturated carbocycles. The van der Waals surface area contributed by atoms with Gasteiger partial charge in [-0.25, -0.2) is 19.2 Å². The standard InChI is InChI=1S/C23H48O13Si6/c1-14-15-31-21(26)17-19(23(29)30)38(4,5)33-40(8,9)35-42(12,13)36-41(10,11)34-39(6,7)32-37(2,3)18(22(27)28)16-20(24)25/h16-17H,14-15H2,1-13H3,(H,24,25)(H,27,28)(H,29,30). The second-order valence-corrected chi connectivity index (χ2v) is 34.8. The fraction of sp³-hybridized carbons (Fsp3) is 0.652. The topological polar surface area (TPSA) is 184 Å². The highest BCUT2D eigenvalue weighted by Gasteiger charge is 2.49. The lowest BCUT2D eigenvalue weighted by Gasteiger charge is -2.43. The third-order valence-corrected chi connectivity index (χ3v) is 28.3. The Labute approximate surface area is 255 Å². The Kier molecular flexibility index (Phi) is 14.4. The van der Waals surface area contributed by atoms with E-state index in [0.29, 0.717) is 12.5 Å². The Bertz CT molecular complexity index is 1080. The van der Waals surface area contributed by atoms with Crippen LogP contribution in [0.4, 0.5) is 0 Å². The van der Waals surface area contributed by atoms with Gasteiger partial charge in [0.15, 0.2) is 0 Å². The van der Waals surface area contributed by atoms with Crippen molar-refractivity contribution in [3.63, 3.8) is 0 Å². The van der Waals surface area contributed by atoms with Gasteiger partial charge in [0.05, 0.1) is 17.0 Å². The summed E-state index contributed by atoms with van der Waals surface area (Å²) in [7, 11) is -18.4. The maximum Gasteiger partial charge on any atom is 0.330 e. The molecule has 3 N–H and O–H groups in total. The van der Waals surface area contributed by atoms with Crippen LogP contribution in [-0.4, -0.2) is 96.7 Å². The molecule has 0 aliphatic rings. The van der Waals surface area contributed by atoms with Crippen LogP contribution in [-0.2, 0) is 44.5 Å². The van der Waals surface area contributed by atoms with E-state index in [-0.39, 0.29) is 17.0 Å². The van der Waals surface area contributed by atoms with Crippen molar-refractivity contribution in [2.75, 3.05) is 6.61 Å². The van der Waals surface area contributed by atoms with Crippen molar-refractivity contribution in [2.24, 2.45) is 0 Å². The zero-order chi connectivity index (χ0) is 33.5. The van der Waals surface area contributed by atoms with Gasteiger partial charge in [-0.2, -0.15) is 0 Å². The lowest BCUT2D eigenvalue weighted by atomic mass is 10.5. The molecule has 0 heterocycles. The first-order chi connectivity index (χ1) is 18.6. The van der Waals surface area contributed by atoms with E-state index >= 15 is 0 Å². The second kappa shape index (κ2) is 15.0. The Balaban J connectivity index is 5.81. The van der Waals surface area contributed by atoms with Crippen LogP contribution in [0.3, 0.4) is 0 Å². The number of esters is 1. The zero-order valence-electron chi connectivity index (χ0n) is 27.0. The Morgan fingerprint density at radius 3 is 1.14 bits per heavy atom. The van der Waals surface area contributed by atoms with Crippen LogP contribution in [0.5, 0.6) is 0 Å². The second-order valence-electron chi connectivity index (χ2n) is 12.4. The molecule has 0 aromatic heterocycles. The molecular formula is C23H48O13Si6. The van der Waals surface area contributed by atoms with Crippen molar-refractivity contribution in [2.45, 2.75) is 91.9 Å². The third-order valence-electron chi connectivity index (χ3n) is 5.21. The lowest BCUT2D eigenvalue weighted by Crippen LogP contribution is -2.60. The van der Waals surface area contributed by atoms with E-state index in [1.165, 1.54) is 0 Å². The van der Waals surface area contributed by atoms with Gasteiger partial charge in [0.2, 0.25) is 16.6 Å². The van der Waals surface area contributed by atoms with E-state index in [1.807, 2.05) is 33.1 Å². The van der Waals surface area contributed by atoms with Crippen molar-refractivity contribution >= 4 is 74.8 Å². The molecule has 0 fully saturated rings. The summed E-state index contributed by atoms with van der Waals surface area (Å²) in [4.78, 5) is 47.1. The molecule has 0 aromatic rings. The molecule has 0 spiro atoms. The minimum absolute atomic E-state index is 0.138. The van der Waals surface area contributed by atoms with Gasteiger partial charge in [-0.15, -0.1) is 0 Å². The van der Waals surface area contributed by atoms with Gasteiger partial charge in [0.1, 0.15) is 0 Å². The predicted octanol–water partition coefficient (Wildman–Crippen LogP) is 4.43. The molecule has 0 amide bonds. The normalized spacial score (nSPS) is 14.5. The van der Waals surface area contributed by atoms with E-state index < -0.39 is 74.8 Å². The summed E-state index contributed by atoms with van der Waals surface area (Å²) >= 11 is 0. The zero-order valence-corrected chi connectivity index (χ0v) is 33.0. The average molecular weight is 701 g/mol. The summed E-state index contributed by atoms with van der Waals surface area (Å²) < 4.78 is 36.9. The lowest BCUT2D eigenvalue weighted by molar-refractivity contribution is -0.139. The average Bonchev–Trinajstić information content (AvgIpc) is 2.68. The minimum atomic E-state index is -3.19. The van der Waals surface area contributed by atoms with E-state index in [1.54, 1.807) is 52.4 Å². The van der Waals surface area contributed by atoms with Gasteiger partial charge in [0, 0.05) is 12.2 Å². The third kappa shape index (κ3) is 14.8. The Morgan fingerprint density at radius 1 is 0.548 bits per heavy atom. The number of carboxylic acid groups (broad SMARTS) is 3. The molecule has 0 aliphatic carbocycles. The highest BCUT2D eigenvalue weighted by atomic mass is 28.5. The summed E-state index contributed by atoms with van der Waals surface area (Å²) in [5.74, 6) is -4.73. The van der Waals surface area contributed by atoms with Crippen LogP contribution in [0.1, 0.15) is 13.3 Å². The summed E-state index contributed by atoms with van der Waals surface area (Å²) in [6.45, 7) is 22.9. The molecule has 42 heavy (non-hydrogen) atoms. The largest absolute Gasteiger partial charge is 0.478 e. The smallest absolute Gasteiger partial charge is 0.330 e. The number of carbonyl (C=O) groups is 4. The Hall–Kier alpha value is -1.54. The van der Waals surface area contributed by atoms with Crippen LogP contribution in [0, 0.1) is 0 Å². The van der Waals surface area contributed by atoms with E-state index in [9.17, 15) is 29.4 Å². The van der Waals surface area contributed by atoms with Gasteiger partial charge in [-0.05, 0) is 85.0 Å². The number of aliphatic carboxylic acids is 3. The van der Waals surface area contributed by atoms with Crippen molar-refractivity contribution in [1.82, 2.24) is 0 Å². The van der Waals surface area contributed by atoms with Gasteiger partial charge < -0.3 is 40.6 Å². The summed E-state index contributed by atoms with van der Waals surface area (Å²) in [6.07, 6.45) is 2.25. The fourth-order valence-electron chi connectivity index (χ4n) is 4.67. The van der Waals surface area contributed by atoms with E-state index in [0.717, 1.165) is 6.08 Å². The quantitative estimate of drug-likeness (QED) is 0.104. The first kappa shape index (κ1) is 40.5. The van der Waals surface area contributed by atoms with Crippen molar-refractivity contribution < 1.29 is 59.8 Å². The van der Waals surface area contributed by atoms with Crippen LogP contribution in [0.25, 0.3) is 0 Å². The SMILES string of the molecule is CCCOC(=O)C=C(C(=O)O)[Si](C)(C)O[Si](C)(C)O[Si](C)(C)O[Si](C)(C)O[Si](C)(C)O[Si](C)(C)C(=CC(=O)O)C(=O)O. The van der Waals surface area contributed by atoms with Gasteiger partial charge in [-0.3, -0.25) is 0 Å². The van der Waals surface area contributed by atoms with Gasteiger partial charge in [0.25, 0.3) is 0 Å². The summed E-state index contributed by atoms with van der Waals surface area (Å²) in [5, 5.41) is 28.1. The first-order valence-electron chi connectivity index (χ1n) is 13.4. The number of carboxylic acids is 3. The highest BCUT2D eigenvalue weighted by molar-refractivity contribution is 6.94. The fourth-order valence-corrected chi connectivity index (χ4v) is 33.7. The molecule has 0 unspecified atom stereocenters. The molecule has 0 atom stereocenters. The number of hydrogen-bond donors (Lipinski definition) is 3. The van der Waals surface area contributed by atoms with Crippen molar-refractivity contribution in [1.29, 1.82) is 0 Å². The van der Waals surface area contributed by atoms with Crippen LogP contribution < -0.4 is 0 Å². The molecule has 0 bridgehead atoms. The monoisotopic (exact) mass is 700 g/mol. The maximum absolute atomic E-state index is 12.1. The number of ether oxygens (including phenoxy) is 1. The number of rotatable bonds is 18. The molecular weight excluding hydrogens is 653 g/mol. The molecule has 0 saturated heterocycles. The predicted molar refractivity (Wildman–Crippen MR) is 171 cm³/mol. The molecule has 0 aromatic carbocycles. The molecule has 0 rings (SSSR count). The maximum atomic E-state index is 12.1. The molecule has 0 radical (unpaired) electrons. The van der Waals surface area contributed by atoms with Crippen LogP contribution in [0.2, 0.25) is 78.6 Å². The van der Waals surface area contributed by atoms with E-state index in [4.69, 9.17) is 30.4 Å². The molecule has 242 valence electrons. The molecule has 19 heteroatoms. The summed E-state index contributed by atoms with van der Waals surface area (Å²) in [5.41, 5.74) is 0. The van der Waals surface area contributed by atoms with E-state index in [2.05, 4.69) is 0 Å². The van der Waals surface area contributed by atoms with Gasteiger partial charge in [-0.1, -0.05) is 6.92 Å². The minimum Gasteiger partial charge on any atom is -0.478 e. The number of hydrogen-bond acceptors (Lipinski definition) is 10. The molecule has 0 aliphatic heterocycles. The van der Waals surface area contributed by atoms with Crippen LogP contribution in [0.15, 0.2) is 22.5 Å². The highest BCUT2D eigenvalue weighted by Crippen LogP contribution is 2.30. The number of carbonyl (C=O) groups excluding carboxylic acids is 1. The Morgan fingerprint density at radius 2 is 0.857 bits per heavy atom. The van der Waals surface area contributed by atoms with Gasteiger partial charge >= 0.3 is 58.1 Å². The van der Waals surface area contributed by atoms with Crippen molar-refractivity contribution in [3.8, 4) is 0 Å². The summed E-state index contributed by atoms with van der Waals surface area (Å²) in [6, 6.07) is 0. The van der Waals surface area contributed by atoms with Crippen molar-refractivity contribution in [3.05, 3.63) is 22.5 Å². The van der Waals surface area contributed by atoms with Crippen LogP contribution >= 0.6 is 0 Å².